The minimum atomic E-state index is -4.73. The molecule has 1 aliphatic heterocycles. The first-order valence-corrected chi connectivity index (χ1v) is 7.23. The number of aliphatic imine (C=N–C) groups is 1. The summed E-state index contributed by atoms with van der Waals surface area (Å²) in [4.78, 5) is 26.9. The van der Waals surface area contributed by atoms with E-state index in [1.165, 1.54) is 26.0 Å². The van der Waals surface area contributed by atoms with Crippen LogP contribution < -0.4 is 0 Å². The van der Waals surface area contributed by atoms with Gasteiger partial charge in [-0.05, 0) is 25.5 Å². The number of allylic oxidation sites excluding steroid dienone is 1. The summed E-state index contributed by atoms with van der Waals surface area (Å²) in [6.07, 6.45) is -4.73. The third kappa shape index (κ3) is 3.40. The maximum absolute atomic E-state index is 13.4. The first-order chi connectivity index (χ1) is 11.6. The monoisotopic (exact) mass is 356 g/mol. The fraction of sp³-hybridized carbons (Fsp3) is 0.375. The number of ether oxygens (including phenoxy) is 1. The molecule has 0 bridgehead atoms. The van der Waals surface area contributed by atoms with Gasteiger partial charge in [0.2, 0.25) is 0 Å². The van der Waals surface area contributed by atoms with Gasteiger partial charge in [-0.15, -0.1) is 0 Å². The average Bonchev–Trinajstić information content (AvgIpc) is 2.52. The van der Waals surface area contributed by atoms with E-state index in [1.54, 1.807) is 0 Å². The molecule has 9 heteroatoms. The molecular formula is C16H15F3N2O4. The van der Waals surface area contributed by atoms with Crippen molar-refractivity contribution < 1.29 is 27.6 Å². The summed E-state index contributed by atoms with van der Waals surface area (Å²) >= 11 is 0. The highest BCUT2D eigenvalue weighted by atomic mass is 19.4. The zero-order valence-electron chi connectivity index (χ0n) is 13.6. The smallest absolute Gasteiger partial charge is 0.416 e. The van der Waals surface area contributed by atoms with Gasteiger partial charge in [0.05, 0.1) is 29.9 Å². The van der Waals surface area contributed by atoms with E-state index in [9.17, 15) is 28.1 Å². The fourth-order valence-corrected chi connectivity index (χ4v) is 3.03. The van der Waals surface area contributed by atoms with Crippen LogP contribution in [0.2, 0.25) is 0 Å². The van der Waals surface area contributed by atoms with E-state index in [1.807, 2.05) is 0 Å². The van der Waals surface area contributed by atoms with E-state index in [2.05, 4.69) is 9.73 Å². The van der Waals surface area contributed by atoms with E-state index >= 15 is 0 Å². The van der Waals surface area contributed by atoms with E-state index in [0.717, 1.165) is 19.2 Å². The Morgan fingerprint density at radius 2 is 1.88 bits per heavy atom. The highest BCUT2D eigenvalue weighted by molar-refractivity contribution is 5.98. The predicted octanol–water partition coefficient (Wildman–Crippen LogP) is 3.36. The molecule has 1 aromatic rings. The zero-order chi connectivity index (χ0) is 18.9. The molecule has 0 saturated carbocycles. The molecule has 0 aliphatic carbocycles. The van der Waals surface area contributed by atoms with Crippen LogP contribution >= 0.6 is 0 Å². The first kappa shape index (κ1) is 18.6. The zero-order valence-corrected chi connectivity index (χ0v) is 13.6. The van der Waals surface area contributed by atoms with Crippen molar-refractivity contribution in [3.8, 4) is 0 Å². The van der Waals surface area contributed by atoms with E-state index in [-0.39, 0.29) is 22.5 Å². The van der Waals surface area contributed by atoms with Crippen molar-refractivity contribution in [2.75, 3.05) is 7.11 Å². The third-order valence-corrected chi connectivity index (χ3v) is 4.02. The summed E-state index contributed by atoms with van der Waals surface area (Å²) < 4.78 is 44.8. The number of carbonyl (C=O) groups excluding carboxylic acids is 1. The predicted molar refractivity (Wildman–Crippen MR) is 82.8 cm³/mol. The number of esters is 1. The number of alkyl halides is 3. The Hall–Kier alpha value is -2.71. The number of halogens is 3. The lowest BCUT2D eigenvalue weighted by Gasteiger charge is -2.29. The molecule has 0 amide bonds. The molecule has 0 aromatic heterocycles. The molecule has 1 aromatic carbocycles. The van der Waals surface area contributed by atoms with Crippen molar-refractivity contribution >= 4 is 11.7 Å². The second kappa shape index (κ2) is 6.66. The Morgan fingerprint density at radius 3 is 2.40 bits per heavy atom. The Balaban J connectivity index is 2.80. The molecule has 0 radical (unpaired) electrons. The first-order valence-electron chi connectivity index (χ1n) is 7.23. The molecule has 1 unspecified atom stereocenters. The molecular weight excluding hydrogens is 341 g/mol. The number of nitro groups is 1. The molecule has 6 nitrogen and oxygen atoms in total. The van der Waals surface area contributed by atoms with Crippen LogP contribution in [0, 0.1) is 10.1 Å². The lowest BCUT2D eigenvalue weighted by atomic mass is 9.78. The molecule has 25 heavy (non-hydrogen) atoms. The van der Waals surface area contributed by atoms with Crippen molar-refractivity contribution in [2.45, 2.75) is 32.0 Å². The number of methoxy groups -OCH3 is 1. The van der Waals surface area contributed by atoms with Crippen molar-refractivity contribution in [2.24, 2.45) is 4.99 Å². The minimum Gasteiger partial charge on any atom is -0.466 e. The molecule has 1 aliphatic rings. The van der Waals surface area contributed by atoms with Gasteiger partial charge in [0, 0.05) is 10.6 Å². The molecule has 2 rings (SSSR count). The molecule has 134 valence electrons. The Labute approximate surface area is 141 Å². The van der Waals surface area contributed by atoms with Gasteiger partial charge < -0.3 is 4.74 Å². The van der Waals surface area contributed by atoms with Gasteiger partial charge in [-0.1, -0.05) is 18.2 Å². The number of hydrogen-bond donors (Lipinski definition) is 0. The molecule has 1 heterocycles. The Kier molecular flexibility index (Phi) is 4.96. The van der Waals surface area contributed by atoms with Gasteiger partial charge >= 0.3 is 12.1 Å². The number of hydrogen-bond acceptors (Lipinski definition) is 5. The van der Waals surface area contributed by atoms with Gasteiger partial charge in [0.1, 0.15) is 0 Å². The Bertz CT molecular complexity index is 784. The summed E-state index contributed by atoms with van der Waals surface area (Å²) in [7, 11) is 1.06. The number of carbonyl (C=O) groups is 1. The summed E-state index contributed by atoms with van der Waals surface area (Å²) in [6, 6.07) is 2.90. The summed E-state index contributed by atoms with van der Waals surface area (Å²) in [5, 5.41) is 11.5. The highest BCUT2D eigenvalue weighted by Crippen LogP contribution is 2.42. The quantitative estimate of drug-likeness (QED) is 0.472. The van der Waals surface area contributed by atoms with Crippen LogP contribution in [0.15, 0.2) is 40.5 Å². The summed E-state index contributed by atoms with van der Waals surface area (Å²) in [6.45, 7) is 2.77. The van der Waals surface area contributed by atoms with Crippen molar-refractivity contribution in [3.63, 3.8) is 0 Å². The number of rotatable bonds is 3. The number of nitrogens with zero attached hydrogens (tertiary/aromatic N) is 2. The van der Waals surface area contributed by atoms with Crippen LogP contribution in [-0.2, 0) is 15.7 Å². The van der Waals surface area contributed by atoms with Crippen LogP contribution in [-0.4, -0.2) is 29.8 Å². The van der Waals surface area contributed by atoms with Crippen molar-refractivity contribution in [1.82, 2.24) is 0 Å². The molecule has 0 spiro atoms. The van der Waals surface area contributed by atoms with Gasteiger partial charge in [-0.25, -0.2) is 4.79 Å². The van der Waals surface area contributed by atoms with Crippen LogP contribution in [0.4, 0.5) is 13.2 Å². The largest absolute Gasteiger partial charge is 0.466 e. The van der Waals surface area contributed by atoms with Crippen LogP contribution in [0.25, 0.3) is 0 Å². The second-order valence-electron chi connectivity index (χ2n) is 5.54. The molecule has 0 saturated heterocycles. The van der Waals surface area contributed by atoms with E-state index < -0.39 is 34.6 Å². The minimum absolute atomic E-state index is 0.0251. The van der Waals surface area contributed by atoms with Crippen molar-refractivity contribution in [1.29, 1.82) is 0 Å². The van der Waals surface area contributed by atoms with Crippen LogP contribution in [0.1, 0.15) is 30.9 Å². The third-order valence-electron chi connectivity index (χ3n) is 4.02. The summed E-state index contributed by atoms with van der Waals surface area (Å²) in [5.74, 6) is -2.39. The van der Waals surface area contributed by atoms with Crippen molar-refractivity contribution in [3.05, 3.63) is 56.8 Å². The van der Waals surface area contributed by atoms with Gasteiger partial charge in [0.25, 0.3) is 6.04 Å². The normalized spacial score (nSPS) is 21.0. The average molecular weight is 356 g/mol. The molecule has 0 N–H and O–H groups in total. The Morgan fingerprint density at radius 1 is 1.28 bits per heavy atom. The maximum Gasteiger partial charge on any atom is 0.416 e. The molecule has 0 fully saturated rings. The lowest BCUT2D eigenvalue weighted by molar-refractivity contribution is -0.505. The fourth-order valence-electron chi connectivity index (χ4n) is 3.03. The SMILES string of the molecule is COC(=O)C1=C(C)N=C(C)C([N+](=O)[O-])[C@H]1c1ccccc1C(F)(F)F. The van der Waals surface area contributed by atoms with Gasteiger partial charge in [-0.3, -0.25) is 15.1 Å². The molecule has 2 atom stereocenters. The second-order valence-corrected chi connectivity index (χ2v) is 5.54. The van der Waals surface area contributed by atoms with E-state index in [4.69, 9.17) is 0 Å². The van der Waals surface area contributed by atoms with Crippen LogP contribution in [0.3, 0.4) is 0 Å². The topological polar surface area (TPSA) is 81.8 Å². The summed E-state index contributed by atoms with van der Waals surface area (Å²) in [5.41, 5.74) is -1.51. The van der Waals surface area contributed by atoms with Crippen LogP contribution in [0.5, 0.6) is 0 Å². The standard InChI is InChI=1S/C16H15F3N2O4/c1-8-12(15(22)25-3)13(14(21(23)24)9(2)20-8)10-6-4-5-7-11(10)16(17,18)19/h4-7,13-14H,1-3H3/t13-,14?/m0/s1. The van der Waals surface area contributed by atoms with E-state index in [0.29, 0.717) is 0 Å². The maximum atomic E-state index is 13.4. The highest BCUT2D eigenvalue weighted by Gasteiger charge is 2.48. The van der Waals surface area contributed by atoms with Gasteiger partial charge in [-0.2, -0.15) is 13.2 Å². The number of benzene rings is 1. The lowest BCUT2D eigenvalue weighted by Crippen LogP contribution is -2.40. The van der Waals surface area contributed by atoms with Gasteiger partial charge in [0.15, 0.2) is 0 Å².